The Labute approximate surface area is 127 Å². The number of aliphatic carboxylic acids is 1. The highest BCUT2D eigenvalue weighted by Gasteiger charge is 2.11. The lowest BCUT2D eigenvalue weighted by Crippen LogP contribution is -2.18. The van der Waals surface area contributed by atoms with Crippen molar-refractivity contribution in [1.29, 1.82) is 0 Å². The lowest BCUT2D eigenvalue weighted by molar-refractivity contribution is -0.136. The fourth-order valence-electron chi connectivity index (χ4n) is 1.60. The quantitative estimate of drug-likeness (QED) is 0.716. The molecular weight excluding hydrogens is 312 g/mol. The van der Waals surface area contributed by atoms with Gasteiger partial charge in [-0.15, -0.1) is 11.3 Å². The van der Waals surface area contributed by atoms with Crippen molar-refractivity contribution in [2.24, 2.45) is 4.99 Å². The van der Waals surface area contributed by atoms with Crippen LogP contribution in [0.2, 0.25) is 0 Å². The fourth-order valence-corrected chi connectivity index (χ4v) is 2.37. The number of aromatic nitrogens is 1. The number of carbonyl (C=O) groups excluding carboxylic acids is 1. The number of carboxylic acids is 2. The normalized spacial score (nSPS) is 11.4. The van der Waals surface area contributed by atoms with Crippen molar-refractivity contribution in [3.05, 3.63) is 51.3 Å². The summed E-state index contributed by atoms with van der Waals surface area (Å²) in [5.74, 6) is -2.91. The smallest absolute Gasteiger partial charge is 0.335 e. The van der Waals surface area contributed by atoms with E-state index in [1.54, 1.807) is 0 Å². The molecule has 0 saturated heterocycles. The molecule has 3 N–H and O–H groups in total. The molecule has 0 radical (unpaired) electrons. The van der Waals surface area contributed by atoms with Gasteiger partial charge in [0.25, 0.3) is 5.91 Å². The minimum Gasteiger partial charge on any atom is -0.481 e. The van der Waals surface area contributed by atoms with Gasteiger partial charge in [0.2, 0.25) is 4.80 Å². The second-order valence-corrected chi connectivity index (χ2v) is 5.03. The zero-order valence-corrected chi connectivity index (χ0v) is 11.8. The molecule has 0 bridgehead atoms. The molecule has 0 aliphatic rings. The van der Waals surface area contributed by atoms with E-state index in [2.05, 4.69) is 4.99 Å². The van der Waals surface area contributed by atoms with E-state index in [9.17, 15) is 19.6 Å². The maximum Gasteiger partial charge on any atom is 0.335 e. The van der Waals surface area contributed by atoms with E-state index in [4.69, 9.17) is 10.2 Å². The van der Waals surface area contributed by atoms with E-state index >= 15 is 0 Å². The first-order valence-electron chi connectivity index (χ1n) is 5.91. The molecule has 114 valence electrons. The van der Waals surface area contributed by atoms with Gasteiger partial charge in [-0.1, -0.05) is 0 Å². The summed E-state index contributed by atoms with van der Waals surface area (Å²) in [6.07, 6.45) is -0.399. The van der Waals surface area contributed by atoms with Gasteiger partial charge in [-0.05, 0) is 24.3 Å². The molecule has 1 aromatic heterocycles. The molecular formula is C13H10N2O6S. The predicted molar refractivity (Wildman–Crippen MR) is 74.1 cm³/mol. The van der Waals surface area contributed by atoms with E-state index < -0.39 is 24.3 Å². The summed E-state index contributed by atoms with van der Waals surface area (Å²) in [6.45, 7) is 0. The molecule has 0 aliphatic carbocycles. The van der Waals surface area contributed by atoms with Gasteiger partial charge in [0, 0.05) is 10.9 Å². The number of carboxylic acid groups (broad SMARTS) is 2. The lowest BCUT2D eigenvalue weighted by atomic mass is 10.1. The third kappa shape index (κ3) is 3.38. The van der Waals surface area contributed by atoms with Crippen molar-refractivity contribution in [3.63, 3.8) is 0 Å². The molecule has 22 heavy (non-hydrogen) atoms. The molecule has 0 aliphatic heterocycles. The molecule has 2 rings (SSSR count). The van der Waals surface area contributed by atoms with Crippen LogP contribution in [0.25, 0.3) is 0 Å². The van der Waals surface area contributed by atoms with Crippen molar-refractivity contribution < 1.29 is 29.8 Å². The molecule has 0 fully saturated rings. The van der Waals surface area contributed by atoms with Crippen molar-refractivity contribution in [2.45, 2.75) is 6.42 Å². The van der Waals surface area contributed by atoms with Gasteiger partial charge in [-0.2, -0.15) is 9.72 Å². The number of hydrogen-bond donors (Lipinski definition) is 3. The highest BCUT2D eigenvalue weighted by Crippen LogP contribution is 2.07. The monoisotopic (exact) mass is 322 g/mol. The Balaban J connectivity index is 2.29. The van der Waals surface area contributed by atoms with Crippen LogP contribution in [0.1, 0.15) is 26.4 Å². The van der Waals surface area contributed by atoms with Crippen LogP contribution >= 0.6 is 11.3 Å². The number of aromatic carboxylic acids is 1. The van der Waals surface area contributed by atoms with E-state index in [0.29, 0.717) is 4.73 Å². The molecule has 0 atom stereocenters. The Bertz CT molecular complexity index is 803. The maximum atomic E-state index is 11.9. The van der Waals surface area contributed by atoms with Crippen LogP contribution in [0, 0.1) is 0 Å². The van der Waals surface area contributed by atoms with Crippen molar-refractivity contribution in [2.75, 3.05) is 0 Å². The summed E-state index contributed by atoms with van der Waals surface area (Å²) in [5, 5.41) is 28.5. The average Bonchev–Trinajstić information content (AvgIpc) is 2.79. The van der Waals surface area contributed by atoms with Crippen molar-refractivity contribution >= 4 is 29.2 Å². The minimum absolute atomic E-state index is 0.0358. The second kappa shape index (κ2) is 6.22. The number of benzene rings is 1. The summed E-state index contributed by atoms with van der Waals surface area (Å²) >= 11 is 0.917. The Morgan fingerprint density at radius 3 is 2.23 bits per heavy atom. The Kier molecular flexibility index (Phi) is 4.37. The number of carbonyl (C=O) groups is 3. The molecule has 8 nitrogen and oxygen atoms in total. The van der Waals surface area contributed by atoms with Crippen LogP contribution in [-0.4, -0.2) is 38.0 Å². The van der Waals surface area contributed by atoms with Gasteiger partial charge in [0.15, 0.2) is 0 Å². The summed E-state index contributed by atoms with van der Waals surface area (Å²) in [7, 11) is 0. The fraction of sp³-hybridized carbons (Fsp3) is 0.0769. The Hall–Kier alpha value is -2.94. The molecule has 1 aromatic carbocycles. The Morgan fingerprint density at radius 1 is 1.09 bits per heavy atom. The maximum absolute atomic E-state index is 11.9. The van der Waals surface area contributed by atoms with Crippen LogP contribution in [0.3, 0.4) is 0 Å². The molecule has 1 heterocycles. The number of nitrogens with zero attached hydrogens (tertiary/aromatic N) is 2. The summed E-state index contributed by atoms with van der Waals surface area (Å²) in [6, 6.07) is 5.15. The van der Waals surface area contributed by atoms with Crippen molar-refractivity contribution in [3.8, 4) is 0 Å². The first kappa shape index (κ1) is 15.4. The number of amides is 1. The third-order valence-corrected chi connectivity index (χ3v) is 3.53. The third-order valence-electron chi connectivity index (χ3n) is 2.66. The van der Waals surface area contributed by atoms with Crippen LogP contribution in [0.4, 0.5) is 0 Å². The van der Waals surface area contributed by atoms with Gasteiger partial charge in [-0.25, -0.2) is 4.79 Å². The van der Waals surface area contributed by atoms with Crippen LogP contribution < -0.4 is 4.80 Å². The topological polar surface area (TPSA) is 129 Å². The lowest BCUT2D eigenvalue weighted by Gasteiger charge is -1.98. The molecule has 0 spiro atoms. The van der Waals surface area contributed by atoms with Gasteiger partial charge < -0.3 is 15.4 Å². The Morgan fingerprint density at radius 2 is 1.68 bits per heavy atom. The number of thiazole rings is 1. The van der Waals surface area contributed by atoms with E-state index in [-0.39, 0.29) is 21.6 Å². The van der Waals surface area contributed by atoms with Gasteiger partial charge in [-0.3, -0.25) is 9.59 Å². The summed E-state index contributed by atoms with van der Waals surface area (Å²) in [4.78, 5) is 36.9. The molecule has 1 amide bonds. The van der Waals surface area contributed by atoms with E-state index in [1.807, 2.05) is 0 Å². The molecule has 0 saturated carbocycles. The van der Waals surface area contributed by atoms with E-state index in [0.717, 1.165) is 11.3 Å². The molecule has 9 heteroatoms. The first-order chi connectivity index (χ1) is 10.4. The van der Waals surface area contributed by atoms with E-state index in [1.165, 1.54) is 29.6 Å². The first-order valence-corrected chi connectivity index (χ1v) is 6.79. The van der Waals surface area contributed by atoms with Gasteiger partial charge in [0.05, 0.1) is 17.7 Å². The minimum atomic E-state index is -1.12. The highest BCUT2D eigenvalue weighted by atomic mass is 32.1. The number of rotatable bonds is 4. The zero-order valence-electron chi connectivity index (χ0n) is 11.0. The second-order valence-electron chi connectivity index (χ2n) is 4.19. The van der Waals surface area contributed by atoms with Crippen LogP contribution in [-0.2, 0) is 11.2 Å². The summed E-state index contributed by atoms with van der Waals surface area (Å²) in [5.41, 5.74) is 0.289. The largest absolute Gasteiger partial charge is 0.481 e. The average molecular weight is 322 g/mol. The number of hydrogen-bond acceptors (Lipinski definition) is 5. The van der Waals surface area contributed by atoms with Crippen molar-refractivity contribution in [1.82, 2.24) is 4.73 Å². The zero-order chi connectivity index (χ0) is 16.3. The predicted octanol–water partition coefficient (Wildman–Crippen LogP) is 0.853. The van der Waals surface area contributed by atoms with Crippen LogP contribution in [0.5, 0.6) is 0 Å². The van der Waals surface area contributed by atoms with Crippen LogP contribution in [0.15, 0.2) is 34.6 Å². The van der Waals surface area contributed by atoms with Gasteiger partial charge >= 0.3 is 11.9 Å². The summed E-state index contributed by atoms with van der Waals surface area (Å²) < 4.78 is 0.544. The van der Waals surface area contributed by atoms with Gasteiger partial charge in [0.1, 0.15) is 0 Å². The highest BCUT2D eigenvalue weighted by molar-refractivity contribution is 7.07. The SMILES string of the molecule is O=C(O)Cc1cs/c(=N/C(=O)c2ccc(C(=O)O)cc2)n1O. The molecule has 2 aromatic rings. The molecule has 0 unspecified atom stereocenters. The standard InChI is InChI=1S/C13H10N2O6S/c16-10(17)5-9-6-22-13(15(9)21)14-11(18)7-1-3-8(4-2-7)12(19)20/h1-4,6,21H,5H2,(H,16,17)(H,19,20)/b14-13+.